The average molecular weight is 578 g/mol. The van der Waals surface area contributed by atoms with Crippen LogP contribution in [0.4, 0.5) is 4.79 Å². The minimum atomic E-state index is -1.22. The maximum Gasteiger partial charge on any atom is 0.408 e. The topological polar surface area (TPSA) is 114 Å². The molecule has 0 aromatic heterocycles. The number of carbonyl (C=O) groups excluding carboxylic acids is 4. The molecule has 0 radical (unpaired) electrons. The Labute approximate surface area is 249 Å². The highest BCUT2D eigenvalue weighted by Crippen LogP contribution is 2.27. The summed E-state index contributed by atoms with van der Waals surface area (Å²) in [5.74, 6) is 0.811. The molecule has 0 saturated heterocycles. The summed E-state index contributed by atoms with van der Waals surface area (Å²) < 4.78 is 10.9. The summed E-state index contributed by atoms with van der Waals surface area (Å²) in [6, 6.07) is 13.3. The van der Waals surface area contributed by atoms with Gasteiger partial charge in [-0.2, -0.15) is 0 Å². The summed E-state index contributed by atoms with van der Waals surface area (Å²) in [6.45, 7) is 13.4. The van der Waals surface area contributed by atoms with Gasteiger partial charge in [-0.05, 0) is 72.6 Å². The minimum Gasteiger partial charge on any atom is -0.458 e. The van der Waals surface area contributed by atoms with Crippen molar-refractivity contribution in [3.63, 3.8) is 0 Å². The maximum absolute atomic E-state index is 14.2. The SMILES string of the molecule is C#Cc1ccccc1C(C(=O)NC(Cc1ccccc1)C(=O)OC(C)(C)C)N(C(=O)CNC(=O)OC(C)(C)C)C(C)C. The zero-order chi connectivity index (χ0) is 31.7. The smallest absolute Gasteiger partial charge is 0.408 e. The summed E-state index contributed by atoms with van der Waals surface area (Å²) in [5, 5.41) is 5.30. The van der Waals surface area contributed by atoms with Gasteiger partial charge in [0.25, 0.3) is 0 Å². The van der Waals surface area contributed by atoms with Crippen LogP contribution < -0.4 is 10.6 Å². The fourth-order valence-corrected chi connectivity index (χ4v) is 4.23. The van der Waals surface area contributed by atoms with Gasteiger partial charge in [0.1, 0.15) is 29.8 Å². The van der Waals surface area contributed by atoms with Crippen LogP contribution in [0.3, 0.4) is 0 Å². The Kier molecular flexibility index (Phi) is 11.7. The van der Waals surface area contributed by atoms with Gasteiger partial charge in [-0.25, -0.2) is 9.59 Å². The first-order chi connectivity index (χ1) is 19.5. The van der Waals surface area contributed by atoms with Crippen LogP contribution in [0.2, 0.25) is 0 Å². The number of hydrogen-bond donors (Lipinski definition) is 2. The standard InChI is InChI=1S/C33H43N3O6/c1-10-24-18-14-15-19-25(24)28(36(22(2)3)27(37)21-34-31(40)42-33(7,8)9)29(38)35-26(30(39)41-32(4,5)6)20-23-16-12-11-13-17-23/h1,11-19,22,26,28H,20-21H2,2-9H3,(H,34,40)(H,35,38). The highest BCUT2D eigenvalue weighted by molar-refractivity contribution is 5.93. The lowest BCUT2D eigenvalue weighted by atomic mass is 9.96. The third-order valence-electron chi connectivity index (χ3n) is 5.85. The molecule has 2 aromatic carbocycles. The quantitative estimate of drug-likeness (QED) is 0.317. The number of benzene rings is 2. The number of terminal acetylenes is 1. The summed E-state index contributed by atoms with van der Waals surface area (Å²) in [6.07, 6.45) is 5.19. The molecule has 0 spiro atoms. The van der Waals surface area contributed by atoms with E-state index in [4.69, 9.17) is 15.9 Å². The van der Waals surface area contributed by atoms with Crippen LogP contribution in [0.15, 0.2) is 54.6 Å². The van der Waals surface area contributed by atoms with Gasteiger partial charge in [-0.15, -0.1) is 6.42 Å². The highest BCUT2D eigenvalue weighted by Gasteiger charge is 2.37. The Bertz CT molecular complexity index is 1290. The molecule has 2 atom stereocenters. The Morgan fingerprint density at radius 2 is 1.45 bits per heavy atom. The summed E-state index contributed by atoms with van der Waals surface area (Å²) >= 11 is 0. The monoisotopic (exact) mass is 577 g/mol. The molecule has 0 aliphatic heterocycles. The Hall–Kier alpha value is -4.32. The third kappa shape index (κ3) is 10.6. The molecule has 9 nitrogen and oxygen atoms in total. The van der Waals surface area contributed by atoms with Crippen molar-refractivity contribution < 1.29 is 28.7 Å². The Morgan fingerprint density at radius 1 is 0.881 bits per heavy atom. The molecule has 226 valence electrons. The number of amides is 3. The van der Waals surface area contributed by atoms with E-state index < -0.39 is 59.7 Å². The van der Waals surface area contributed by atoms with Crippen LogP contribution in [-0.2, 0) is 30.3 Å². The van der Waals surface area contributed by atoms with Crippen LogP contribution in [0.1, 0.15) is 78.1 Å². The molecule has 3 amide bonds. The molecule has 0 fully saturated rings. The molecule has 2 rings (SSSR count). The molecule has 0 aliphatic carbocycles. The lowest BCUT2D eigenvalue weighted by Gasteiger charge is -2.36. The first-order valence-electron chi connectivity index (χ1n) is 13.9. The van der Waals surface area contributed by atoms with Gasteiger partial charge in [-0.3, -0.25) is 9.59 Å². The van der Waals surface area contributed by atoms with Gasteiger partial charge in [-0.1, -0.05) is 54.5 Å². The van der Waals surface area contributed by atoms with E-state index in [1.807, 2.05) is 30.3 Å². The van der Waals surface area contributed by atoms with Crippen molar-refractivity contribution in [3.8, 4) is 12.3 Å². The summed E-state index contributed by atoms with van der Waals surface area (Å²) in [4.78, 5) is 54.7. The van der Waals surface area contributed by atoms with Crippen molar-refractivity contribution in [3.05, 3.63) is 71.3 Å². The van der Waals surface area contributed by atoms with Crippen LogP contribution in [-0.4, -0.2) is 58.6 Å². The van der Waals surface area contributed by atoms with E-state index in [1.54, 1.807) is 79.7 Å². The van der Waals surface area contributed by atoms with E-state index in [1.165, 1.54) is 4.90 Å². The van der Waals surface area contributed by atoms with Crippen LogP contribution in [0, 0.1) is 12.3 Å². The van der Waals surface area contributed by atoms with Crippen molar-refractivity contribution >= 4 is 23.9 Å². The lowest BCUT2D eigenvalue weighted by molar-refractivity contribution is -0.159. The van der Waals surface area contributed by atoms with Crippen molar-refractivity contribution in [2.45, 2.75) is 91.1 Å². The van der Waals surface area contributed by atoms with Gasteiger partial charge >= 0.3 is 12.1 Å². The van der Waals surface area contributed by atoms with Gasteiger partial charge in [0, 0.05) is 18.0 Å². The van der Waals surface area contributed by atoms with E-state index >= 15 is 0 Å². The fourth-order valence-electron chi connectivity index (χ4n) is 4.23. The van der Waals surface area contributed by atoms with Crippen LogP contribution >= 0.6 is 0 Å². The lowest BCUT2D eigenvalue weighted by Crippen LogP contribution is -2.54. The van der Waals surface area contributed by atoms with Crippen molar-refractivity contribution in [1.29, 1.82) is 0 Å². The zero-order valence-electron chi connectivity index (χ0n) is 25.8. The molecule has 0 aliphatic rings. The van der Waals surface area contributed by atoms with Crippen molar-refractivity contribution in [2.24, 2.45) is 0 Å². The van der Waals surface area contributed by atoms with Crippen molar-refractivity contribution in [1.82, 2.24) is 15.5 Å². The summed E-state index contributed by atoms with van der Waals surface area (Å²) in [5.41, 5.74) is 0.0774. The number of rotatable bonds is 10. The second kappa shape index (κ2) is 14.5. The first-order valence-corrected chi connectivity index (χ1v) is 13.9. The molecule has 9 heteroatoms. The Morgan fingerprint density at radius 3 is 2.00 bits per heavy atom. The molecule has 0 bridgehead atoms. The number of alkyl carbamates (subject to hydrolysis) is 1. The molecular weight excluding hydrogens is 534 g/mol. The maximum atomic E-state index is 14.2. The fraction of sp³-hybridized carbons (Fsp3) is 0.455. The molecule has 2 unspecified atom stereocenters. The number of carbonyl (C=O) groups is 4. The molecular formula is C33H43N3O6. The molecule has 0 saturated carbocycles. The number of hydrogen-bond acceptors (Lipinski definition) is 6. The molecule has 2 aromatic rings. The van der Waals surface area contributed by atoms with Gasteiger partial charge in [0.05, 0.1) is 0 Å². The second-order valence-corrected chi connectivity index (χ2v) is 12.2. The normalized spacial score (nSPS) is 12.9. The van der Waals surface area contributed by atoms with Gasteiger partial charge in [0.15, 0.2) is 0 Å². The van der Waals surface area contributed by atoms with Crippen LogP contribution in [0.25, 0.3) is 0 Å². The third-order valence-corrected chi connectivity index (χ3v) is 5.85. The minimum absolute atomic E-state index is 0.167. The van der Waals surface area contributed by atoms with E-state index in [0.717, 1.165) is 5.56 Å². The zero-order valence-corrected chi connectivity index (χ0v) is 25.8. The molecule has 42 heavy (non-hydrogen) atoms. The number of nitrogens with zero attached hydrogens (tertiary/aromatic N) is 1. The van der Waals surface area contributed by atoms with Crippen LogP contribution in [0.5, 0.6) is 0 Å². The predicted octanol–water partition coefficient (Wildman–Crippen LogP) is 4.54. The van der Waals surface area contributed by atoms with E-state index in [2.05, 4.69) is 16.6 Å². The van der Waals surface area contributed by atoms with E-state index in [9.17, 15) is 19.2 Å². The summed E-state index contributed by atoms with van der Waals surface area (Å²) in [7, 11) is 0. The largest absolute Gasteiger partial charge is 0.458 e. The van der Waals surface area contributed by atoms with Gasteiger partial charge in [0.2, 0.25) is 11.8 Å². The van der Waals surface area contributed by atoms with E-state index in [0.29, 0.717) is 11.1 Å². The first kappa shape index (κ1) is 33.9. The van der Waals surface area contributed by atoms with E-state index in [-0.39, 0.29) is 6.42 Å². The van der Waals surface area contributed by atoms with Crippen molar-refractivity contribution in [2.75, 3.05) is 6.54 Å². The average Bonchev–Trinajstić information content (AvgIpc) is 2.88. The highest BCUT2D eigenvalue weighted by atomic mass is 16.6. The Balaban J connectivity index is 2.50. The van der Waals surface area contributed by atoms with Gasteiger partial charge < -0.3 is 25.0 Å². The number of nitrogens with one attached hydrogen (secondary N) is 2. The molecule has 0 heterocycles. The second-order valence-electron chi connectivity index (χ2n) is 12.2. The number of ether oxygens (including phenoxy) is 2. The number of esters is 1. The molecule has 2 N–H and O–H groups in total. The predicted molar refractivity (Wildman–Crippen MR) is 161 cm³/mol.